The maximum absolute atomic E-state index is 13.4. The molecule has 4 aromatic rings. The van der Waals surface area contributed by atoms with Crippen LogP contribution in [0.1, 0.15) is 22.7 Å². The fourth-order valence-electron chi connectivity index (χ4n) is 3.33. The minimum atomic E-state index is -0.622. The molecule has 31 heavy (non-hydrogen) atoms. The molecule has 0 amide bonds. The van der Waals surface area contributed by atoms with Crippen molar-refractivity contribution in [1.82, 2.24) is 9.38 Å². The molecule has 0 fully saturated rings. The molecule has 0 aliphatic heterocycles. The van der Waals surface area contributed by atoms with Crippen LogP contribution in [0.3, 0.4) is 0 Å². The summed E-state index contributed by atoms with van der Waals surface area (Å²) in [4.78, 5) is 29.6. The topological polar surface area (TPSA) is 60.7 Å². The van der Waals surface area contributed by atoms with Crippen LogP contribution in [0.2, 0.25) is 5.02 Å². The number of esters is 1. The molecule has 0 aliphatic carbocycles. The van der Waals surface area contributed by atoms with Gasteiger partial charge in [-0.2, -0.15) is 0 Å². The first-order valence-corrected chi connectivity index (χ1v) is 10.0. The molecule has 0 bridgehead atoms. The smallest absolute Gasteiger partial charge is 0.314 e. The molecule has 0 aliphatic rings. The van der Waals surface area contributed by atoms with Gasteiger partial charge >= 0.3 is 5.97 Å². The monoisotopic (exact) mass is 436 g/mol. The molecule has 2 aromatic heterocycles. The van der Waals surface area contributed by atoms with E-state index in [1.807, 2.05) is 30.3 Å². The van der Waals surface area contributed by atoms with Crippen molar-refractivity contribution in [2.75, 3.05) is 0 Å². The van der Waals surface area contributed by atoms with E-state index in [1.165, 1.54) is 28.8 Å². The number of carbonyl (C=O) groups excluding carboxylic acids is 1. The Labute approximate surface area is 182 Å². The number of fused-ring (bicyclic) bond motifs is 1. The van der Waals surface area contributed by atoms with Gasteiger partial charge in [0.05, 0.1) is 16.6 Å². The van der Waals surface area contributed by atoms with Gasteiger partial charge in [0.2, 0.25) is 0 Å². The summed E-state index contributed by atoms with van der Waals surface area (Å²) in [5.41, 5.74) is 2.02. The molecule has 0 saturated carbocycles. The van der Waals surface area contributed by atoms with E-state index >= 15 is 0 Å². The number of benzene rings is 2. The second-order valence-corrected chi connectivity index (χ2v) is 7.50. The molecule has 156 valence electrons. The van der Waals surface area contributed by atoms with Crippen LogP contribution >= 0.6 is 11.6 Å². The van der Waals surface area contributed by atoms with Crippen LogP contribution < -0.4 is 5.56 Å². The summed E-state index contributed by atoms with van der Waals surface area (Å²) in [5.74, 6) is -1.48. The average molecular weight is 437 g/mol. The molecule has 0 N–H and O–H groups in total. The molecular formula is C24H18ClFN2O3. The second-order valence-electron chi connectivity index (χ2n) is 7.06. The highest BCUT2D eigenvalue weighted by Gasteiger charge is 2.23. The number of carbonyl (C=O) groups is 1. The lowest BCUT2D eigenvalue weighted by atomic mass is 9.92. The predicted octanol–water partition coefficient (Wildman–Crippen LogP) is 4.56. The van der Waals surface area contributed by atoms with Crippen molar-refractivity contribution in [2.24, 2.45) is 0 Å². The maximum Gasteiger partial charge on any atom is 0.314 e. The predicted molar refractivity (Wildman–Crippen MR) is 116 cm³/mol. The Morgan fingerprint density at radius 2 is 1.81 bits per heavy atom. The molecule has 7 heteroatoms. The summed E-state index contributed by atoms with van der Waals surface area (Å²) in [7, 11) is 0. The number of aromatic nitrogens is 2. The van der Waals surface area contributed by atoms with Gasteiger partial charge in [-0.1, -0.05) is 54.1 Å². The van der Waals surface area contributed by atoms with E-state index in [-0.39, 0.29) is 18.0 Å². The van der Waals surface area contributed by atoms with Gasteiger partial charge in [-0.3, -0.25) is 14.0 Å². The first-order chi connectivity index (χ1) is 15.0. The van der Waals surface area contributed by atoms with Crippen molar-refractivity contribution in [3.8, 4) is 0 Å². The van der Waals surface area contributed by atoms with E-state index in [1.54, 1.807) is 24.3 Å². The van der Waals surface area contributed by atoms with E-state index in [9.17, 15) is 14.0 Å². The Bertz CT molecular complexity index is 1270. The van der Waals surface area contributed by atoms with Crippen LogP contribution in [-0.4, -0.2) is 15.4 Å². The third-order valence-corrected chi connectivity index (χ3v) is 5.10. The van der Waals surface area contributed by atoms with Gasteiger partial charge in [0.25, 0.3) is 5.56 Å². The van der Waals surface area contributed by atoms with E-state index in [2.05, 4.69) is 4.98 Å². The van der Waals surface area contributed by atoms with Crippen molar-refractivity contribution in [2.45, 2.75) is 18.9 Å². The first-order valence-electron chi connectivity index (χ1n) is 9.63. The molecule has 0 saturated heterocycles. The summed E-state index contributed by atoms with van der Waals surface area (Å²) in [6, 6.07) is 19.9. The molecule has 1 unspecified atom stereocenters. The summed E-state index contributed by atoms with van der Waals surface area (Å²) >= 11 is 5.92. The van der Waals surface area contributed by atoms with E-state index in [0.717, 1.165) is 5.56 Å². The molecule has 0 radical (unpaired) electrons. The highest BCUT2D eigenvalue weighted by atomic mass is 35.5. The Morgan fingerprint density at radius 1 is 1.06 bits per heavy atom. The molecular weight excluding hydrogens is 419 g/mol. The van der Waals surface area contributed by atoms with Gasteiger partial charge in [0.1, 0.15) is 18.1 Å². The second kappa shape index (κ2) is 9.10. The molecule has 4 rings (SSSR count). The number of hydrogen-bond donors (Lipinski definition) is 0. The molecule has 2 aromatic carbocycles. The van der Waals surface area contributed by atoms with Crippen LogP contribution in [0.15, 0.2) is 83.8 Å². The minimum Gasteiger partial charge on any atom is -0.459 e. The number of ether oxygens (including phenoxy) is 1. The minimum absolute atomic E-state index is 0.153. The Balaban J connectivity index is 1.56. The van der Waals surface area contributed by atoms with Gasteiger partial charge in [-0.15, -0.1) is 0 Å². The van der Waals surface area contributed by atoms with Gasteiger partial charge in [0, 0.05) is 12.3 Å². The quantitative estimate of drug-likeness (QED) is 0.416. The summed E-state index contributed by atoms with van der Waals surface area (Å²) in [6.45, 7) is -0.153. The van der Waals surface area contributed by atoms with E-state index in [0.29, 0.717) is 28.3 Å². The summed E-state index contributed by atoms with van der Waals surface area (Å²) in [6.07, 6.45) is 1.88. The van der Waals surface area contributed by atoms with Crippen LogP contribution in [0.25, 0.3) is 5.65 Å². The Hall–Kier alpha value is -3.51. The molecule has 5 nitrogen and oxygen atoms in total. The van der Waals surface area contributed by atoms with E-state index in [4.69, 9.17) is 16.3 Å². The fraction of sp³-hybridized carbons (Fsp3) is 0.125. The SMILES string of the molecule is O=C(OCc1cc(=O)n2cc(Cl)ccc2n1)C(Cc1ccccc1)c1ccc(F)cc1. The lowest BCUT2D eigenvalue weighted by Gasteiger charge is -2.17. The van der Waals surface area contributed by atoms with Crippen molar-refractivity contribution in [3.05, 3.63) is 117 Å². The summed E-state index contributed by atoms with van der Waals surface area (Å²) in [5, 5.41) is 0.415. The zero-order chi connectivity index (χ0) is 21.8. The fourth-order valence-corrected chi connectivity index (χ4v) is 3.49. The average Bonchev–Trinajstić information content (AvgIpc) is 2.78. The largest absolute Gasteiger partial charge is 0.459 e. The van der Waals surface area contributed by atoms with Crippen molar-refractivity contribution >= 4 is 23.2 Å². The normalized spacial score (nSPS) is 11.9. The Kier molecular flexibility index (Phi) is 6.09. The first kappa shape index (κ1) is 20.8. The summed E-state index contributed by atoms with van der Waals surface area (Å²) < 4.78 is 20.2. The van der Waals surface area contributed by atoms with Crippen molar-refractivity contribution in [1.29, 1.82) is 0 Å². The van der Waals surface area contributed by atoms with Crippen LogP contribution in [0.5, 0.6) is 0 Å². The van der Waals surface area contributed by atoms with Gasteiger partial charge in [-0.05, 0) is 41.8 Å². The van der Waals surface area contributed by atoms with Crippen molar-refractivity contribution < 1.29 is 13.9 Å². The lowest BCUT2D eigenvalue weighted by molar-refractivity contribution is -0.147. The van der Waals surface area contributed by atoms with Gasteiger partial charge in [0.15, 0.2) is 0 Å². The molecule has 1 atom stereocenters. The van der Waals surface area contributed by atoms with Crippen LogP contribution in [0.4, 0.5) is 4.39 Å². The molecule has 2 heterocycles. The van der Waals surface area contributed by atoms with Crippen molar-refractivity contribution in [3.63, 3.8) is 0 Å². The highest BCUT2D eigenvalue weighted by Crippen LogP contribution is 2.23. The van der Waals surface area contributed by atoms with Gasteiger partial charge in [-0.25, -0.2) is 9.37 Å². The van der Waals surface area contributed by atoms with Gasteiger partial charge < -0.3 is 4.74 Å². The standard InChI is InChI=1S/C24H18ClFN2O3/c25-18-8-11-22-27-20(13-23(29)28(22)14-18)15-31-24(30)21(12-16-4-2-1-3-5-16)17-6-9-19(26)10-7-17/h1-11,13-14,21H,12,15H2. The number of halogens is 2. The third-order valence-electron chi connectivity index (χ3n) is 4.88. The number of hydrogen-bond acceptors (Lipinski definition) is 4. The van der Waals surface area contributed by atoms with Crippen LogP contribution in [-0.2, 0) is 22.6 Å². The highest BCUT2D eigenvalue weighted by molar-refractivity contribution is 6.30. The number of pyridine rings is 1. The zero-order valence-electron chi connectivity index (χ0n) is 16.4. The zero-order valence-corrected chi connectivity index (χ0v) is 17.1. The number of nitrogens with zero attached hydrogens (tertiary/aromatic N) is 2. The van der Waals surface area contributed by atoms with E-state index < -0.39 is 11.9 Å². The van der Waals surface area contributed by atoms with Crippen LogP contribution in [0, 0.1) is 5.82 Å². The lowest BCUT2D eigenvalue weighted by Crippen LogP contribution is -2.20. The third kappa shape index (κ3) is 4.98. The maximum atomic E-state index is 13.4. The number of rotatable bonds is 6. The Morgan fingerprint density at radius 3 is 2.55 bits per heavy atom. The molecule has 0 spiro atoms.